The SMILES string of the molecule is CC1(S(=O)(=O)NC(=O)[C@]23CC(=O)[C@@H]4C[C@@H](O)CN4C(=O)[C@@H](Nc4nc(-c5ccccc5)cs4)CCCCC/C=C\[C@H]2C3)CC1. The second-order valence-electron chi connectivity index (χ2n) is 13.1. The third-order valence-corrected chi connectivity index (χ3v) is 12.7. The van der Waals surface area contributed by atoms with Crippen LogP contribution in [0.25, 0.3) is 11.3 Å². The number of carbonyl (C=O) groups excluding carboxylic acids is 3. The fraction of sp³-hybridized carbons (Fsp3) is 0.562. The zero-order valence-electron chi connectivity index (χ0n) is 24.9. The number of hydrogen-bond donors (Lipinski definition) is 3. The summed E-state index contributed by atoms with van der Waals surface area (Å²) in [5.41, 5.74) is 0.599. The van der Waals surface area contributed by atoms with Gasteiger partial charge in [0.1, 0.15) is 6.04 Å². The van der Waals surface area contributed by atoms with Gasteiger partial charge in [-0.3, -0.25) is 19.1 Å². The summed E-state index contributed by atoms with van der Waals surface area (Å²) in [6.45, 7) is 1.64. The van der Waals surface area contributed by atoms with E-state index in [-0.39, 0.29) is 37.0 Å². The van der Waals surface area contributed by atoms with E-state index >= 15 is 0 Å². The van der Waals surface area contributed by atoms with Crippen LogP contribution in [0.15, 0.2) is 47.9 Å². The minimum atomic E-state index is -3.87. The van der Waals surface area contributed by atoms with E-state index in [0.29, 0.717) is 30.8 Å². The maximum atomic E-state index is 14.1. The van der Waals surface area contributed by atoms with Gasteiger partial charge in [0.2, 0.25) is 21.8 Å². The Hall–Kier alpha value is -3.09. The first-order chi connectivity index (χ1) is 21.0. The van der Waals surface area contributed by atoms with Gasteiger partial charge in [0.05, 0.1) is 28.0 Å². The van der Waals surface area contributed by atoms with Crippen molar-refractivity contribution in [3.63, 3.8) is 0 Å². The van der Waals surface area contributed by atoms with Crippen LogP contribution < -0.4 is 10.0 Å². The largest absolute Gasteiger partial charge is 0.391 e. The van der Waals surface area contributed by atoms with Crippen molar-refractivity contribution >= 4 is 44.1 Å². The molecular formula is C32H40N4O6S2. The van der Waals surface area contributed by atoms with Gasteiger partial charge < -0.3 is 15.3 Å². The van der Waals surface area contributed by atoms with Crippen molar-refractivity contribution in [2.24, 2.45) is 11.3 Å². The van der Waals surface area contributed by atoms with E-state index in [0.717, 1.165) is 36.9 Å². The van der Waals surface area contributed by atoms with Crippen molar-refractivity contribution in [3.8, 4) is 11.3 Å². The van der Waals surface area contributed by atoms with Crippen LogP contribution in [0.5, 0.6) is 0 Å². The van der Waals surface area contributed by atoms with Gasteiger partial charge >= 0.3 is 0 Å². The highest BCUT2D eigenvalue weighted by molar-refractivity contribution is 7.91. The number of benzene rings is 1. The molecule has 236 valence electrons. The second kappa shape index (κ2) is 12.0. The molecule has 1 saturated heterocycles. The first kappa shape index (κ1) is 30.9. The second-order valence-corrected chi connectivity index (χ2v) is 16.1. The Labute approximate surface area is 262 Å². The smallest absolute Gasteiger partial charge is 0.245 e. The van der Waals surface area contributed by atoms with Crippen LogP contribution >= 0.6 is 11.3 Å². The Balaban J connectivity index is 1.23. The van der Waals surface area contributed by atoms with Gasteiger partial charge in [0.25, 0.3) is 0 Å². The topological polar surface area (TPSA) is 146 Å². The Morgan fingerprint density at radius 2 is 1.91 bits per heavy atom. The van der Waals surface area contributed by atoms with E-state index in [2.05, 4.69) is 10.0 Å². The number of sulfonamides is 1. The lowest BCUT2D eigenvalue weighted by molar-refractivity contribution is -0.139. The Morgan fingerprint density at radius 3 is 2.66 bits per heavy atom. The summed E-state index contributed by atoms with van der Waals surface area (Å²) in [6.07, 6.45) is 8.26. The van der Waals surface area contributed by atoms with Crippen molar-refractivity contribution in [3.05, 3.63) is 47.9 Å². The van der Waals surface area contributed by atoms with Crippen LogP contribution in [-0.2, 0) is 24.4 Å². The number of amides is 2. The molecule has 44 heavy (non-hydrogen) atoms. The van der Waals surface area contributed by atoms with Crippen LogP contribution in [-0.4, -0.2) is 70.5 Å². The predicted octanol–water partition coefficient (Wildman–Crippen LogP) is 4.04. The lowest BCUT2D eigenvalue weighted by Gasteiger charge is -2.29. The van der Waals surface area contributed by atoms with Crippen LogP contribution in [0, 0.1) is 11.3 Å². The minimum Gasteiger partial charge on any atom is -0.391 e. The first-order valence-electron chi connectivity index (χ1n) is 15.5. The number of aliphatic hydroxyl groups excluding tert-OH is 1. The number of nitrogens with zero attached hydrogens (tertiary/aromatic N) is 2. The van der Waals surface area contributed by atoms with Crippen molar-refractivity contribution in [1.29, 1.82) is 0 Å². The molecule has 0 bridgehead atoms. The van der Waals surface area contributed by atoms with E-state index < -0.39 is 44.3 Å². The molecule has 2 aromatic rings. The van der Waals surface area contributed by atoms with Crippen LogP contribution in [0.4, 0.5) is 5.13 Å². The molecule has 3 N–H and O–H groups in total. The summed E-state index contributed by atoms with van der Waals surface area (Å²) in [5.74, 6) is -1.51. The monoisotopic (exact) mass is 640 g/mol. The maximum Gasteiger partial charge on any atom is 0.245 e. The third kappa shape index (κ3) is 6.21. The Kier molecular flexibility index (Phi) is 8.44. The molecule has 2 aliphatic heterocycles. The average molecular weight is 641 g/mol. The molecule has 10 nitrogen and oxygen atoms in total. The molecule has 1 aromatic carbocycles. The number of Topliss-reactive ketones (excluding diaryl/α,β-unsaturated/α-hetero) is 1. The number of anilines is 1. The van der Waals surface area contributed by atoms with E-state index in [1.165, 1.54) is 16.2 Å². The number of nitrogens with one attached hydrogen (secondary N) is 2. The van der Waals surface area contributed by atoms with Crippen molar-refractivity contribution in [1.82, 2.24) is 14.6 Å². The van der Waals surface area contributed by atoms with E-state index in [1.54, 1.807) is 6.92 Å². The molecule has 12 heteroatoms. The maximum absolute atomic E-state index is 14.1. The summed E-state index contributed by atoms with van der Waals surface area (Å²) >= 11 is 1.41. The van der Waals surface area contributed by atoms with E-state index in [4.69, 9.17) is 4.98 Å². The van der Waals surface area contributed by atoms with Crippen molar-refractivity contribution < 1.29 is 27.9 Å². The number of hydrogen-bond acceptors (Lipinski definition) is 9. The standard InChI is InChI=1S/C32H40N4O6S2/c1-31(14-15-31)44(41,42)35-29(40)32-17-22(32)12-8-3-2-4-9-13-24(28(39)36-19-23(37)16-26(36)27(38)18-32)33-30-34-25(20-43-30)21-10-6-5-7-11-21/h5-8,10-12,20,22-24,26,37H,2-4,9,13-19H2,1H3,(H,33,34)(H,35,40)/b12-8-/t22-,23+,24-,26-,32+/m0/s1. The zero-order chi connectivity index (χ0) is 31.1. The highest BCUT2D eigenvalue weighted by atomic mass is 32.2. The minimum absolute atomic E-state index is 0.0236. The molecule has 5 atom stereocenters. The van der Waals surface area contributed by atoms with Gasteiger partial charge in [-0.25, -0.2) is 13.4 Å². The molecular weight excluding hydrogens is 601 g/mol. The number of rotatable bonds is 6. The number of ketones is 1. The highest BCUT2D eigenvalue weighted by Crippen LogP contribution is 2.57. The van der Waals surface area contributed by atoms with Crippen molar-refractivity contribution in [2.45, 2.75) is 94.1 Å². The zero-order valence-corrected chi connectivity index (χ0v) is 26.5. The quantitative estimate of drug-likeness (QED) is 0.401. The summed E-state index contributed by atoms with van der Waals surface area (Å²) < 4.78 is 27.2. The molecule has 3 fully saturated rings. The number of aromatic nitrogens is 1. The molecule has 2 saturated carbocycles. The Morgan fingerprint density at radius 1 is 1.14 bits per heavy atom. The summed E-state index contributed by atoms with van der Waals surface area (Å²) in [7, 11) is -3.87. The van der Waals surface area contributed by atoms with Crippen LogP contribution in [0.1, 0.15) is 71.1 Å². The third-order valence-electron chi connectivity index (χ3n) is 9.74. The van der Waals surface area contributed by atoms with Gasteiger partial charge in [-0.1, -0.05) is 55.3 Å². The molecule has 0 unspecified atom stereocenters. The number of allylic oxidation sites excluding steroid dienone is 2. The van der Waals surface area contributed by atoms with Crippen molar-refractivity contribution in [2.75, 3.05) is 11.9 Å². The molecule has 1 aromatic heterocycles. The number of thiazole rings is 1. The first-order valence-corrected chi connectivity index (χ1v) is 17.9. The highest BCUT2D eigenvalue weighted by Gasteiger charge is 2.62. The number of carbonyl (C=O) groups is 3. The fourth-order valence-electron chi connectivity index (χ4n) is 6.45. The lowest BCUT2D eigenvalue weighted by atomic mass is 9.91. The number of fused-ring (bicyclic) bond motifs is 2. The summed E-state index contributed by atoms with van der Waals surface area (Å²) in [4.78, 5) is 47.6. The van der Waals surface area contributed by atoms with Gasteiger partial charge in [0, 0.05) is 30.3 Å². The molecule has 0 radical (unpaired) electrons. The van der Waals surface area contributed by atoms with E-state index in [9.17, 15) is 27.9 Å². The fourth-order valence-corrected chi connectivity index (χ4v) is 8.56. The molecule has 2 aliphatic carbocycles. The molecule has 2 amide bonds. The molecule has 3 heterocycles. The Bertz CT molecular complexity index is 1550. The molecule has 4 aliphatic rings. The number of aliphatic hydroxyl groups is 1. The van der Waals surface area contributed by atoms with Crippen LogP contribution in [0.3, 0.4) is 0 Å². The van der Waals surface area contributed by atoms with Gasteiger partial charge in [-0.2, -0.15) is 0 Å². The predicted molar refractivity (Wildman–Crippen MR) is 168 cm³/mol. The lowest BCUT2D eigenvalue weighted by Crippen LogP contribution is -2.49. The average Bonchev–Trinajstić information content (AvgIpc) is 3.79. The summed E-state index contributed by atoms with van der Waals surface area (Å²) in [6, 6.07) is 8.25. The van der Waals surface area contributed by atoms with Crippen LogP contribution in [0.2, 0.25) is 0 Å². The molecule has 0 spiro atoms. The van der Waals surface area contributed by atoms with Gasteiger partial charge in [-0.05, 0) is 51.4 Å². The molecule has 6 rings (SSSR count). The van der Waals surface area contributed by atoms with Gasteiger partial charge in [0.15, 0.2) is 10.9 Å². The van der Waals surface area contributed by atoms with Gasteiger partial charge in [-0.15, -0.1) is 11.3 Å². The van der Waals surface area contributed by atoms with E-state index in [1.807, 2.05) is 47.9 Å². The summed E-state index contributed by atoms with van der Waals surface area (Å²) in [5, 5.41) is 16.5. The normalized spacial score (nSPS) is 31.2.